The SMILES string of the molecule is CCC(C)(C)C1CCC2(CC1)NC(=O)N(CC(=O)NCCCc1nc3ccccc3s1)C2=O. The maximum atomic E-state index is 13.1. The van der Waals surface area contributed by atoms with Crippen molar-refractivity contribution in [3.8, 4) is 0 Å². The number of amides is 4. The van der Waals surface area contributed by atoms with E-state index in [0.717, 1.165) is 52.2 Å². The topological polar surface area (TPSA) is 91.4 Å². The summed E-state index contributed by atoms with van der Waals surface area (Å²) in [6, 6.07) is 7.59. The first-order valence-electron chi connectivity index (χ1n) is 12.0. The van der Waals surface area contributed by atoms with Gasteiger partial charge in [-0.15, -0.1) is 11.3 Å². The van der Waals surface area contributed by atoms with Crippen LogP contribution in [0.15, 0.2) is 24.3 Å². The Hall–Kier alpha value is -2.48. The molecule has 1 spiro atoms. The first-order chi connectivity index (χ1) is 15.7. The zero-order valence-corrected chi connectivity index (χ0v) is 20.6. The van der Waals surface area contributed by atoms with Crippen LogP contribution >= 0.6 is 11.3 Å². The lowest BCUT2D eigenvalue weighted by molar-refractivity contribution is -0.136. The molecule has 7 nitrogen and oxygen atoms in total. The Balaban J connectivity index is 1.24. The van der Waals surface area contributed by atoms with Gasteiger partial charge in [-0.25, -0.2) is 9.78 Å². The number of aromatic nitrogens is 1. The third-order valence-corrected chi connectivity index (χ3v) is 8.73. The molecule has 4 rings (SSSR count). The summed E-state index contributed by atoms with van der Waals surface area (Å²) in [5, 5.41) is 6.81. The number of benzene rings is 1. The molecule has 1 aliphatic carbocycles. The van der Waals surface area contributed by atoms with E-state index in [2.05, 4.69) is 42.5 Å². The van der Waals surface area contributed by atoms with Crippen LogP contribution in [0.4, 0.5) is 4.79 Å². The molecule has 2 aliphatic rings. The number of hydrogen-bond acceptors (Lipinski definition) is 5. The zero-order valence-electron chi connectivity index (χ0n) is 19.8. The maximum absolute atomic E-state index is 13.1. The van der Waals surface area contributed by atoms with Gasteiger partial charge in [-0.1, -0.05) is 39.3 Å². The number of para-hydroxylation sites is 1. The van der Waals surface area contributed by atoms with Crippen LogP contribution in [-0.4, -0.2) is 46.4 Å². The van der Waals surface area contributed by atoms with Crippen molar-refractivity contribution in [2.75, 3.05) is 13.1 Å². The number of carbonyl (C=O) groups is 3. The van der Waals surface area contributed by atoms with Crippen molar-refractivity contribution in [3.05, 3.63) is 29.3 Å². The van der Waals surface area contributed by atoms with Gasteiger partial charge in [-0.2, -0.15) is 0 Å². The summed E-state index contributed by atoms with van der Waals surface area (Å²) < 4.78 is 1.16. The van der Waals surface area contributed by atoms with Gasteiger partial charge in [0.05, 0.1) is 15.2 Å². The molecule has 8 heteroatoms. The minimum absolute atomic E-state index is 0.225. The molecule has 4 amide bonds. The summed E-state index contributed by atoms with van der Waals surface area (Å²) >= 11 is 1.67. The summed E-state index contributed by atoms with van der Waals surface area (Å²) in [5.74, 6) is -0.00358. The Labute approximate surface area is 199 Å². The molecule has 2 N–H and O–H groups in total. The highest BCUT2D eigenvalue weighted by atomic mass is 32.1. The average Bonchev–Trinajstić information content (AvgIpc) is 3.31. The van der Waals surface area contributed by atoms with Crippen LogP contribution in [0, 0.1) is 11.3 Å². The van der Waals surface area contributed by atoms with Crippen molar-refractivity contribution in [1.29, 1.82) is 0 Å². The molecule has 2 fully saturated rings. The molecule has 33 heavy (non-hydrogen) atoms. The molecule has 1 saturated carbocycles. The van der Waals surface area contributed by atoms with E-state index in [-0.39, 0.29) is 23.8 Å². The van der Waals surface area contributed by atoms with Crippen molar-refractivity contribution in [2.24, 2.45) is 11.3 Å². The molecule has 1 aromatic heterocycles. The quantitative estimate of drug-likeness (QED) is 0.445. The van der Waals surface area contributed by atoms with Crippen LogP contribution < -0.4 is 10.6 Å². The molecule has 1 saturated heterocycles. The monoisotopic (exact) mass is 470 g/mol. The van der Waals surface area contributed by atoms with E-state index in [1.165, 1.54) is 0 Å². The number of urea groups is 1. The molecule has 0 radical (unpaired) electrons. The minimum Gasteiger partial charge on any atom is -0.355 e. The summed E-state index contributed by atoms with van der Waals surface area (Å²) in [6.45, 7) is 7.01. The predicted octanol–water partition coefficient (Wildman–Crippen LogP) is 4.26. The summed E-state index contributed by atoms with van der Waals surface area (Å²) in [4.78, 5) is 43.8. The Bertz CT molecular complexity index is 1010. The fourth-order valence-electron chi connectivity index (χ4n) is 5.03. The lowest BCUT2D eigenvalue weighted by Crippen LogP contribution is -2.51. The fourth-order valence-corrected chi connectivity index (χ4v) is 6.04. The molecule has 0 bridgehead atoms. The second kappa shape index (κ2) is 9.41. The van der Waals surface area contributed by atoms with Crippen LogP contribution in [0.3, 0.4) is 0 Å². The van der Waals surface area contributed by atoms with Gasteiger partial charge in [0.1, 0.15) is 12.1 Å². The third-order valence-electron chi connectivity index (χ3n) is 7.63. The lowest BCUT2D eigenvalue weighted by Gasteiger charge is -2.42. The van der Waals surface area contributed by atoms with Gasteiger partial charge in [-0.3, -0.25) is 14.5 Å². The highest BCUT2D eigenvalue weighted by Gasteiger charge is 2.53. The first-order valence-corrected chi connectivity index (χ1v) is 12.8. The van der Waals surface area contributed by atoms with Gasteiger partial charge in [-0.05, 0) is 55.6 Å². The van der Waals surface area contributed by atoms with Crippen molar-refractivity contribution in [1.82, 2.24) is 20.5 Å². The number of imide groups is 1. The van der Waals surface area contributed by atoms with Crippen LogP contribution in [0.2, 0.25) is 0 Å². The Morgan fingerprint density at radius 2 is 2.00 bits per heavy atom. The van der Waals surface area contributed by atoms with E-state index in [9.17, 15) is 14.4 Å². The number of fused-ring (bicyclic) bond motifs is 1. The smallest absolute Gasteiger partial charge is 0.325 e. The number of aryl methyl sites for hydroxylation is 1. The molecule has 1 aliphatic heterocycles. The van der Waals surface area contributed by atoms with Crippen LogP contribution in [0.25, 0.3) is 10.2 Å². The van der Waals surface area contributed by atoms with Gasteiger partial charge in [0.25, 0.3) is 5.91 Å². The van der Waals surface area contributed by atoms with E-state index in [0.29, 0.717) is 25.3 Å². The lowest BCUT2D eigenvalue weighted by atomic mass is 9.65. The number of rotatable bonds is 8. The predicted molar refractivity (Wildman–Crippen MR) is 130 cm³/mol. The summed E-state index contributed by atoms with van der Waals surface area (Å²) in [6.07, 6.45) is 5.75. The third kappa shape index (κ3) is 4.90. The van der Waals surface area contributed by atoms with Gasteiger partial charge in [0, 0.05) is 13.0 Å². The van der Waals surface area contributed by atoms with Crippen LogP contribution in [0.5, 0.6) is 0 Å². The van der Waals surface area contributed by atoms with E-state index in [1.807, 2.05) is 18.2 Å². The van der Waals surface area contributed by atoms with E-state index >= 15 is 0 Å². The molecular weight excluding hydrogens is 436 g/mol. The zero-order chi connectivity index (χ0) is 23.6. The van der Waals surface area contributed by atoms with Crippen molar-refractivity contribution in [3.63, 3.8) is 0 Å². The highest BCUT2D eigenvalue weighted by molar-refractivity contribution is 7.18. The molecule has 2 heterocycles. The summed E-state index contributed by atoms with van der Waals surface area (Å²) in [5.41, 5.74) is 0.407. The number of hydrogen-bond donors (Lipinski definition) is 2. The molecule has 2 aromatic rings. The minimum atomic E-state index is -0.829. The second-order valence-corrected chi connectivity index (χ2v) is 11.2. The Morgan fingerprint density at radius 1 is 1.27 bits per heavy atom. The van der Waals surface area contributed by atoms with Crippen LogP contribution in [0.1, 0.15) is 64.3 Å². The number of carbonyl (C=O) groups excluding carboxylic acids is 3. The average molecular weight is 471 g/mol. The van der Waals surface area contributed by atoms with Crippen LogP contribution in [-0.2, 0) is 16.0 Å². The van der Waals surface area contributed by atoms with E-state index in [4.69, 9.17) is 0 Å². The second-order valence-electron chi connectivity index (χ2n) is 10.0. The van der Waals surface area contributed by atoms with Crippen molar-refractivity contribution in [2.45, 2.75) is 71.3 Å². The standard InChI is InChI=1S/C25H34N4O3S/c1-4-24(2,3)17-11-13-25(14-12-17)22(31)29(23(32)28-25)16-20(30)26-15-7-10-21-27-18-8-5-6-9-19(18)33-21/h5-6,8-9,17H,4,7,10-16H2,1-3H3,(H,26,30)(H,28,32). The van der Waals surface area contributed by atoms with Gasteiger partial charge in [0.15, 0.2) is 0 Å². The maximum Gasteiger partial charge on any atom is 0.325 e. The highest BCUT2D eigenvalue weighted by Crippen LogP contribution is 2.45. The Morgan fingerprint density at radius 3 is 2.70 bits per heavy atom. The molecule has 178 valence electrons. The summed E-state index contributed by atoms with van der Waals surface area (Å²) in [7, 11) is 0. The molecule has 1 aromatic carbocycles. The van der Waals surface area contributed by atoms with E-state index in [1.54, 1.807) is 11.3 Å². The van der Waals surface area contributed by atoms with Gasteiger partial charge >= 0.3 is 6.03 Å². The van der Waals surface area contributed by atoms with Gasteiger partial charge < -0.3 is 10.6 Å². The largest absolute Gasteiger partial charge is 0.355 e. The molecular formula is C25H34N4O3S. The fraction of sp³-hybridized carbons (Fsp3) is 0.600. The molecule has 0 unspecified atom stereocenters. The Kier molecular flexibility index (Phi) is 6.75. The van der Waals surface area contributed by atoms with Gasteiger partial charge in [0.2, 0.25) is 5.91 Å². The van der Waals surface area contributed by atoms with Crippen molar-refractivity contribution < 1.29 is 14.4 Å². The number of nitrogens with zero attached hydrogens (tertiary/aromatic N) is 2. The number of nitrogens with one attached hydrogen (secondary N) is 2. The molecule has 0 atom stereocenters. The van der Waals surface area contributed by atoms with E-state index < -0.39 is 11.6 Å². The van der Waals surface area contributed by atoms with Crippen molar-refractivity contribution >= 4 is 39.4 Å². The number of thiazole rings is 1. The first kappa shape index (κ1) is 23.7. The normalized spacial score (nSPS) is 23.4.